The fraction of sp³-hybridized carbons (Fsp3) is 0.381. The van der Waals surface area contributed by atoms with Crippen molar-refractivity contribution in [2.75, 3.05) is 25.5 Å². The van der Waals surface area contributed by atoms with E-state index in [1.54, 1.807) is 12.1 Å². The zero-order chi connectivity index (χ0) is 21.0. The SMILES string of the molecule is CNC(=O)c1cc(S(=O)(=O)N2C[C@@H](C)O[C@H](C)C2)ccc1NCc1ccccc1. The van der Waals surface area contributed by atoms with Gasteiger partial charge in [-0.2, -0.15) is 4.31 Å². The molecule has 8 heteroatoms. The van der Waals surface area contributed by atoms with Gasteiger partial charge in [0.05, 0.1) is 22.7 Å². The van der Waals surface area contributed by atoms with Crippen molar-refractivity contribution in [1.82, 2.24) is 9.62 Å². The van der Waals surface area contributed by atoms with Gasteiger partial charge in [0.25, 0.3) is 5.91 Å². The van der Waals surface area contributed by atoms with E-state index in [-0.39, 0.29) is 36.1 Å². The zero-order valence-electron chi connectivity index (χ0n) is 16.9. The van der Waals surface area contributed by atoms with Crippen LogP contribution in [0.5, 0.6) is 0 Å². The van der Waals surface area contributed by atoms with Crippen LogP contribution in [-0.2, 0) is 21.3 Å². The summed E-state index contributed by atoms with van der Waals surface area (Å²) in [6.45, 7) is 4.80. The third-order valence-electron chi connectivity index (χ3n) is 4.81. The molecule has 0 unspecified atom stereocenters. The van der Waals surface area contributed by atoms with Crippen molar-refractivity contribution in [2.45, 2.75) is 37.5 Å². The van der Waals surface area contributed by atoms with E-state index in [0.29, 0.717) is 17.8 Å². The fourth-order valence-corrected chi connectivity index (χ4v) is 5.05. The molecule has 2 aromatic rings. The molecule has 7 nitrogen and oxygen atoms in total. The molecular weight excluding hydrogens is 390 g/mol. The van der Waals surface area contributed by atoms with E-state index >= 15 is 0 Å². The zero-order valence-corrected chi connectivity index (χ0v) is 17.7. The van der Waals surface area contributed by atoms with Crippen molar-refractivity contribution in [1.29, 1.82) is 0 Å². The summed E-state index contributed by atoms with van der Waals surface area (Å²) in [6, 6.07) is 14.4. The number of hydrogen-bond donors (Lipinski definition) is 2. The second-order valence-corrected chi connectivity index (χ2v) is 9.14. The van der Waals surface area contributed by atoms with Gasteiger partial charge in [0, 0.05) is 32.4 Å². The minimum atomic E-state index is -3.73. The highest BCUT2D eigenvalue weighted by atomic mass is 32.2. The molecule has 0 aromatic heterocycles. The van der Waals surface area contributed by atoms with Crippen molar-refractivity contribution < 1.29 is 17.9 Å². The molecule has 1 saturated heterocycles. The number of morpholine rings is 1. The summed E-state index contributed by atoms with van der Waals surface area (Å²) in [4.78, 5) is 12.5. The molecule has 2 aromatic carbocycles. The number of sulfonamides is 1. The van der Waals surface area contributed by atoms with E-state index in [9.17, 15) is 13.2 Å². The van der Waals surface area contributed by atoms with Crippen LogP contribution in [-0.4, -0.2) is 51.0 Å². The summed E-state index contributed by atoms with van der Waals surface area (Å²) in [5, 5.41) is 5.81. The molecule has 0 spiro atoms. The first-order valence-electron chi connectivity index (χ1n) is 9.61. The van der Waals surface area contributed by atoms with Crippen LogP contribution in [0.15, 0.2) is 53.4 Å². The van der Waals surface area contributed by atoms with E-state index in [1.165, 1.54) is 17.4 Å². The Labute approximate surface area is 172 Å². The first-order valence-corrected chi connectivity index (χ1v) is 11.0. The quantitative estimate of drug-likeness (QED) is 0.754. The Bertz CT molecular complexity index is 953. The Hall–Kier alpha value is -2.42. The van der Waals surface area contributed by atoms with E-state index in [1.807, 2.05) is 44.2 Å². The molecular formula is C21H27N3O4S. The number of benzene rings is 2. The summed E-state index contributed by atoms with van der Waals surface area (Å²) in [5.74, 6) is -0.346. The number of nitrogens with zero attached hydrogens (tertiary/aromatic N) is 1. The number of nitrogens with one attached hydrogen (secondary N) is 2. The number of ether oxygens (including phenoxy) is 1. The van der Waals surface area contributed by atoms with Crippen LogP contribution in [0.25, 0.3) is 0 Å². The molecule has 0 saturated carbocycles. The molecule has 0 aliphatic carbocycles. The highest BCUT2D eigenvalue weighted by Crippen LogP contribution is 2.26. The summed E-state index contributed by atoms with van der Waals surface area (Å²) < 4.78 is 33.4. The predicted molar refractivity (Wildman–Crippen MR) is 112 cm³/mol. The maximum atomic E-state index is 13.2. The molecule has 2 N–H and O–H groups in total. The molecule has 1 heterocycles. The van der Waals surface area contributed by atoms with E-state index < -0.39 is 10.0 Å². The van der Waals surface area contributed by atoms with Crippen molar-refractivity contribution >= 4 is 21.6 Å². The molecule has 0 bridgehead atoms. The Morgan fingerprint density at radius 3 is 2.38 bits per heavy atom. The largest absolute Gasteiger partial charge is 0.380 e. The number of carbonyl (C=O) groups excluding carboxylic acids is 1. The number of rotatable bonds is 6. The molecule has 0 radical (unpaired) electrons. The first-order chi connectivity index (χ1) is 13.8. The number of carbonyl (C=O) groups is 1. The average molecular weight is 418 g/mol. The van der Waals surface area contributed by atoms with Gasteiger partial charge in [-0.05, 0) is 37.6 Å². The summed E-state index contributed by atoms with van der Waals surface area (Å²) in [7, 11) is -2.21. The molecule has 29 heavy (non-hydrogen) atoms. The van der Waals surface area contributed by atoms with Crippen molar-refractivity contribution in [2.24, 2.45) is 0 Å². The van der Waals surface area contributed by atoms with E-state index in [0.717, 1.165) is 5.56 Å². The Kier molecular flexibility index (Phi) is 6.56. The highest BCUT2D eigenvalue weighted by Gasteiger charge is 2.32. The minimum Gasteiger partial charge on any atom is -0.380 e. The molecule has 1 amide bonds. The van der Waals surface area contributed by atoms with E-state index in [2.05, 4.69) is 10.6 Å². The second kappa shape index (κ2) is 8.94. The van der Waals surface area contributed by atoms with Gasteiger partial charge in [0.15, 0.2) is 0 Å². The third kappa shape index (κ3) is 4.95. The van der Waals surface area contributed by atoms with Gasteiger partial charge in [0.2, 0.25) is 10.0 Å². The molecule has 1 aliphatic rings. The molecule has 2 atom stereocenters. The average Bonchev–Trinajstić information content (AvgIpc) is 2.71. The van der Waals surface area contributed by atoms with Crippen molar-refractivity contribution in [3.63, 3.8) is 0 Å². The van der Waals surface area contributed by atoms with Gasteiger partial charge in [-0.1, -0.05) is 30.3 Å². The monoisotopic (exact) mass is 417 g/mol. The van der Waals surface area contributed by atoms with Gasteiger partial charge < -0.3 is 15.4 Å². The maximum Gasteiger partial charge on any atom is 0.253 e. The summed E-state index contributed by atoms with van der Waals surface area (Å²) in [6.07, 6.45) is -0.363. The van der Waals surface area contributed by atoms with Crippen LogP contribution in [0.2, 0.25) is 0 Å². The minimum absolute atomic E-state index is 0.0997. The predicted octanol–water partition coefficient (Wildman–Crippen LogP) is 2.46. The van der Waals surface area contributed by atoms with Crippen LogP contribution in [0.4, 0.5) is 5.69 Å². The van der Waals surface area contributed by atoms with Crippen LogP contribution < -0.4 is 10.6 Å². The van der Waals surface area contributed by atoms with Crippen molar-refractivity contribution in [3.8, 4) is 0 Å². The Morgan fingerprint density at radius 1 is 1.10 bits per heavy atom. The van der Waals surface area contributed by atoms with Gasteiger partial charge in [0.1, 0.15) is 0 Å². The van der Waals surface area contributed by atoms with Gasteiger partial charge >= 0.3 is 0 Å². The number of anilines is 1. The molecule has 1 aliphatic heterocycles. The summed E-state index contributed by atoms with van der Waals surface area (Å²) in [5.41, 5.74) is 1.93. The normalized spacial score (nSPS) is 20.2. The maximum absolute atomic E-state index is 13.2. The lowest BCUT2D eigenvalue weighted by Gasteiger charge is -2.34. The smallest absolute Gasteiger partial charge is 0.253 e. The molecule has 3 rings (SSSR count). The summed E-state index contributed by atoms with van der Waals surface area (Å²) >= 11 is 0. The molecule has 156 valence electrons. The Balaban J connectivity index is 1.89. The fourth-order valence-electron chi connectivity index (χ4n) is 3.43. The number of amides is 1. The van der Waals surface area contributed by atoms with Crippen LogP contribution in [0.1, 0.15) is 29.8 Å². The van der Waals surface area contributed by atoms with Crippen LogP contribution >= 0.6 is 0 Å². The van der Waals surface area contributed by atoms with Crippen LogP contribution in [0, 0.1) is 0 Å². The lowest BCUT2D eigenvalue weighted by molar-refractivity contribution is -0.0440. The topological polar surface area (TPSA) is 87.7 Å². The van der Waals surface area contributed by atoms with Gasteiger partial charge in [-0.25, -0.2) is 8.42 Å². The number of hydrogen-bond acceptors (Lipinski definition) is 5. The highest BCUT2D eigenvalue weighted by molar-refractivity contribution is 7.89. The molecule has 1 fully saturated rings. The van der Waals surface area contributed by atoms with Gasteiger partial charge in [-0.3, -0.25) is 4.79 Å². The standard InChI is InChI=1S/C21H27N3O4S/c1-15-13-24(14-16(2)28-15)29(26,27)18-9-10-20(19(11-18)21(25)22-3)23-12-17-7-5-4-6-8-17/h4-11,15-16,23H,12-14H2,1-3H3,(H,22,25)/t15-,16-/m1/s1. The lowest BCUT2D eigenvalue weighted by atomic mass is 10.1. The van der Waals surface area contributed by atoms with Gasteiger partial charge in [-0.15, -0.1) is 0 Å². The third-order valence-corrected chi connectivity index (χ3v) is 6.64. The Morgan fingerprint density at radius 2 is 1.76 bits per heavy atom. The van der Waals surface area contributed by atoms with Crippen molar-refractivity contribution in [3.05, 3.63) is 59.7 Å². The van der Waals surface area contributed by atoms with Crippen LogP contribution in [0.3, 0.4) is 0 Å². The second-order valence-electron chi connectivity index (χ2n) is 7.21. The first kappa shape index (κ1) is 21.3. The lowest BCUT2D eigenvalue weighted by Crippen LogP contribution is -2.48. The van der Waals surface area contributed by atoms with E-state index in [4.69, 9.17) is 4.74 Å².